The van der Waals surface area contributed by atoms with Gasteiger partial charge in [0.25, 0.3) is 0 Å². The molecular weight excluding hydrogens is 524 g/mol. The zero-order chi connectivity index (χ0) is 26.6. The zero-order valence-corrected chi connectivity index (χ0v) is 21.7. The third-order valence-corrected chi connectivity index (χ3v) is 4.59. The highest BCUT2D eigenvalue weighted by Gasteiger charge is 2.07. The molecule has 0 saturated carbocycles. The van der Waals surface area contributed by atoms with E-state index in [1.54, 1.807) is 18.2 Å². The van der Waals surface area contributed by atoms with Crippen molar-refractivity contribution in [1.29, 1.82) is 0 Å². The van der Waals surface area contributed by atoms with Crippen LogP contribution in [0, 0.1) is 0 Å². The van der Waals surface area contributed by atoms with E-state index >= 15 is 0 Å². The molecule has 0 fully saturated rings. The van der Waals surface area contributed by atoms with Crippen molar-refractivity contribution >= 4 is 27.5 Å². The van der Waals surface area contributed by atoms with E-state index in [1.807, 2.05) is 0 Å². The lowest BCUT2D eigenvalue weighted by molar-refractivity contribution is 0.100. The maximum absolute atomic E-state index is 11.4. The summed E-state index contributed by atoms with van der Waals surface area (Å²) in [6, 6.07) is 8.79. The molecule has 0 radical (unpaired) electrons. The molecule has 0 bridgehead atoms. The number of alkyl halides is 1. The van der Waals surface area contributed by atoms with Crippen LogP contribution in [0.2, 0.25) is 0 Å². The van der Waals surface area contributed by atoms with Gasteiger partial charge in [0.1, 0.15) is 23.0 Å². The first-order valence-electron chi connectivity index (χ1n) is 11.0. The number of hydrogen-bond donors (Lipinski definition) is 5. The quantitative estimate of drug-likeness (QED) is 0.149. The van der Waals surface area contributed by atoms with Gasteiger partial charge in [0, 0.05) is 61.3 Å². The molecule has 0 amide bonds. The number of aromatic hydroxyl groups is 2. The van der Waals surface area contributed by atoms with Gasteiger partial charge in [-0.05, 0) is 44.5 Å². The van der Waals surface area contributed by atoms with Gasteiger partial charge >= 0.3 is 0 Å². The highest BCUT2D eigenvalue weighted by atomic mass is 79.9. The molecule has 0 heterocycles. The molecule has 35 heavy (non-hydrogen) atoms. The Morgan fingerprint density at radius 2 is 1.09 bits per heavy atom. The predicted molar refractivity (Wildman–Crippen MR) is 136 cm³/mol. The number of Topliss-reactive ketones (excluding diaryl/α,β-unsaturated/α-hetero) is 2. The highest BCUT2D eigenvalue weighted by Crippen LogP contribution is 2.24. The van der Waals surface area contributed by atoms with Gasteiger partial charge in [-0.3, -0.25) is 9.59 Å². The molecule has 196 valence electrons. The highest BCUT2D eigenvalue weighted by molar-refractivity contribution is 9.09. The molecule has 10 heteroatoms. The molecule has 0 aromatic heterocycles. The van der Waals surface area contributed by atoms with E-state index in [9.17, 15) is 9.59 Å². The van der Waals surface area contributed by atoms with Crippen molar-refractivity contribution in [3.05, 3.63) is 47.5 Å². The Hall–Kier alpha value is -2.66. The minimum atomic E-state index is -0.184. The Bertz CT molecular complexity index is 837. The Balaban J connectivity index is 0.000000605. The second kappa shape index (κ2) is 19.6. The number of ether oxygens (including phenoxy) is 2. The Morgan fingerprint density at radius 3 is 1.40 bits per heavy atom. The molecule has 2 aromatic carbocycles. The average Bonchev–Trinajstić information content (AvgIpc) is 2.80. The molecule has 0 aliphatic heterocycles. The second-order valence-corrected chi connectivity index (χ2v) is 7.95. The molecule has 9 nitrogen and oxygen atoms in total. The van der Waals surface area contributed by atoms with Crippen molar-refractivity contribution in [2.75, 3.05) is 38.4 Å². The van der Waals surface area contributed by atoms with Crippen LogP contribution in [0.3, 0.4) is 0 Å². The summed E-state index contributed by atoms with van der Waals surface area (Å²) in [5, 5.41) is 44.2. The van der Waals surface area contributed by atoms with Crippen molar-refractivity contribution in [3.63, 3.8) is 0 Å². The van der Waals surface area contributed by atoms with Crippen LogP contribution < -0.4 is 9.47 Å². The number of halogens is 1. The molecule has 0 unspecified atom stereocenters. The predicted octanol–water partition coefficient (Wildman–Crippen LogP) is 3.48. The fourth-order valence-electron chi connectivity index (χ4n) is 2.31. The van der Waals surface area contributed by atoms with Gasteiger partial charge in [-0.25, -0.2) is 0 Å². The molecule has 0 spiro atoms. The number of carbonyl (C=O) groups is 2. The summed E-state index contributed by atoms with van der Waals surface area (Å²) in [4.78, 5) is 22.1. The molecule has 0 aliphatic carbocycles. The van der Waals surface area contributed by atoms with Gasteiger partial charge < -0.3 is 35.0 Å². The van der Waals surface area contributed by atoms with E-state index in [0.29, 0.717) is 55.3 Å². The summed E-state index contributed by atoms with van der Waals surface area (Å²) in [5.41, 5.74) is 0.822. The van der Waals surface area contributed by atoms with Crippen LogP contribution in [-0.2, 0) is 0 Å². The standard InChI is InChI=1S/C14H20O5.C8H8O3.C3H7BrO/c1-11(17)12-8-13(18-6-2-4-15)10-14(9-12)19-7-3-5-16;1-5(9)6-2-7(10)4-8(11)3-6;4-2-1-3-5/h8-10,15-16H,2-7H2,1H3;2-4,10-11H,1H3;5H,1-3H2. The van der Waals surface area contributed by atoms with Gasteiger partial charge in [-0.15, -0.1) is 0 Å². The lowest BCUT2D eigenvalue weighted by Gasteiger charge is -2.11. The van der Waals surface area contributed by atoms with Crippen LogP contribution in [0.1, 0.15) is 53.8 Å². The van der Waals surface area contributed by atoms with E-state index in [0.717, 1.165) is 11.8 Å². The summed E-state index contributed by atoms with van der Waals surface area (Å²) in [6.45, 7) is 4.03. The van der Waals surface area contributed by atoms with Crippen LogP contribution >= 0.6 is 15.9 Å². The number of benzene rings is 2. The number of rotatable bonds is 12. The van der Waals surface area contributed by atoms with Gasteiger partial charge in [-0.1, -0.05) is 15.9 Å². The minimum Gasteiger partial charge on any atom is -0.508 e. The van der Waals surface area contributed by atoms with Crippen molar-refractivity contribution in [2.24, 2.45) is 0 Å². The number of aliphatic hydroxyl groups is 3. The van der Waals surface area contributed by atoms with Crippen LogP contribution in [-0.4, -0.2) is 75.5 Å². The monoisotopic (exact) mass is 558 g/mol. The fourth-order valence-corrected chi connectivity index (χ4v) is 2.56. The van der Waals surface area contributed by atoms with Gasteiger partial charge in [-0.2, -0.15) is 0 Å². The number of carbonyl (C=O) groups excluding carboxylic acids is 2. The van der Waals surface area contributed by atoms with Crippen molar-refractivity contribution in [1.82, 2.24) is 0 Å². The van der Waals surface area contributed by atoms with E-state index in [4.69, 9.17) is 35.0 Å². The SMILES string of the molecule is CC(=O)c1cc(O)cc(O)c1.CC(=O)c1cc(OCCCO)cc(OCCCO)c1.OCCCBr. The first kappa shape index (κ1) is 32.3. The van der Waals surface area contributed by atoms with Gasteiger partial charge in [0.05, 0.1) is 13.2 Å². The lowest BCUT2D eigenvalue weighted by Crippen LogP contribution is -2.04. The topological polar surface area (TPSA) is 154 Å². The summed E-state index contributed by atoms with van der Waals surface area (Å²) >= 11 is 3.15. The maximum Gasteiger partial charge on any atom is 0.160 e. The van der Waals surface area contributed by atoms with Crippen molar-refractivity contribution in [2.45, 2.75) is 33.1 Å². The van der Waals surface area contributed by atoms with Crippen LogP contribution in [0.25, 0.3) is 0 Å². The lowest BCUT2D eigenvalue weighted by atomic mass is 10.1. The number of ketones is 2. The average molecular weight is 559 g/mol. The molecular formula is C25H35BrO9. The Labute approximate surface area is 214 Å². The van der Waals surface area contributed by atoms with Gasteiger partial charge in [0.2, 0.25) is 0 Å². The second-order valence-electron chi connectivity index (χ2n) is 7.16. The molecule has 0 atom stereocenters. The Kier molecular flexibility index (Phi) is 18.1. The normalized spacial score (nSPS) is 9.77. The Morgan fingerprint density at radius 1 is 0.686 bits per heavy atom. The van der Waals surface area contributed by atoms with E-state index in [1.165, 1.54) is 32.0 Å². The van der Waals surface area contributed by atoms with Crippen molar-refractivity contribution < 1.29 is 44.6 Å². The van der Waals surface area contributed by atoms with E-state index in [-0.39, 0.29) is 36.3 Å². The van der Waals surface area contributed by atoms with E-state index in [2.05, 4.69) is 15.9 Å². The first-order valence-corrected chi connectivity index (χ1v) is 12.1. The smallest absolute Gasteiger partial charge is 0.160 e. The van der Waals surface area contributed by atoms with Gasteiger partial charge in [0.15, 0.2) is 11.6 Å². The zero-order valence-electron chi connectivity index (χ0n) is 20.1. The summed E-state index contributed by atoms with van der Waals surface area (Å²) in [6.07, 6.45) is 1.93. The number of phenolic OH excluding ortho intramolecular Hbond substituents is 2. The van der Waals surface area contributed by atoms with Crippen LogP contribution in [0.4, 0.5) is 0 Å². The summed E-state index contributed by atoms with van der Waals surface area (Å²) in [5.74, 6) is 0.626. The molecule has 2 aromatic rings. The van der Waals surface area contributed by atoms with Crippen LogP contribution in [0.5, 0.6) is 23.0 Å². The van der Waals surface area contributed by atoms with Crippen molar-refractivity contribution in [3.8, 4) is 23.0 Å². The summed E-state index contributed by atoms with van der Waals surface area (Å²) in [7, 11) is 0. The number of hydrogen-bond acceptors (Lipinski definition) is 9. The number of aliphatic hydroxyl groups excluding tert-OH is 3. The third-order valence-electron chi connectivity index (χ3n) is 4.03. The first-order chi connectivity index (χ1) is 16.7. The third kappa shape index (κ3) is 15.8. The largest absolute Gasteiger partial charge is 0.508 e. The minimum absolute atomic E-state index is 0.0618. The van der Waals surface area contributed by atoms with E-state index < -0.39 is 0 Å². The maximum atomic E-state index is 11.4. The van der Waals surface area contributed by atoms with Crippen LogP contribution in [0.15, 0.2) is 36.4 Å². The molecule has 5 N–H and O–H groups in total. The summed E-state index contributed by atoms with van der Waals surface area (Å²) < 4.78 is 10.9. The fraction of sp³-hybridized carbons (Fsp3) is 0.440. The number of phenols is 2. The molecule has 0 saturated heterocycles. The molecule has 0 aliphatic rings. The molecule has 2 rings (SSSR count).